The molecule has 0 unspecified atom stereocenters. The Labute approximate surface area is 180 Å². The molecule has 0 spiro atoms. The highest BCUT2D eigenvalue weighted by molar-refractivity contribution is 5.95. The molecule has 0 bridgehead atoms. The molecule has 2 saturated heterocycles. The van der Waals surface area contributed by atoms with Crippen LogP contribution in [0.2, 0.25) is 0 Å². The number of hydrogen-bond acceptors (Lipinski definition) is 7. The lowest BCUT2D eigenvalue weighted by molar-refractivity contribution is -0.141. The number of ether oxygens (including phenoxy) is 2. The van der Waals surface area contributed by atoms with E-state index in [2.05, 4.69) is 15.5 Å². The molecule has 3 rings (SSSR count). The van der Waals surface area contributed by atoms with Crippen molar-refractivity contribution >= 4 is 23.5 Å². The summed E-state index contributed by atoms with van der Waals surface area (Å²) in [4.78, 5) is 36.5. The van der Waals surface area contributed by atoms with Crippen LogP contribution in [0.25, 0.3) is 0 Å². The van der Waals surface area contributed by atoms with Crippen LogP contribution in [0, 0.1) is 11.7 Å². The molecule has 1 aromatic carbocycles. The van der Waals surface area contributed by atoms with E-state index in [0.29, 0.717) is 18.5 Å². The average Bonchev–Trinajstić information content (AvgIpc) is 2.80. The van der Waals surface area contributed by atoms with Crippen molar-refractivity contribution in [3.63, 3.8) is 0 Å². The number of piperidine rings is 2. The summed E-state index contributed by atoms with van der Waals surface area (Å²) >= 11 is 0. The zero-order valence-corrected chi connectivity index (χ0v) is 17.6. The van der Waals surface area contributed by atoms with Gasteiger partial charge in [0.05, 0.1) is 11.6 Å². The number of methoxy groups -OCH3 is 2. The van der Waals surface area contributed by atoms with E-state index in [4.69, 9.17) is 9.47 Å². The maximum Gasteiger partial charge on any atom is 0.254 e. The second kappa shape index (κ2) is 10.4. The van der Waals surface area contributed by atoms with E-state index < -0.39 is 17.8 Å². The zero-order chi connectivity index (χ0) is 22.4. The zero-order valence-electron chi connectivity index (χ0n) is 17.6. The molecular weight excluding hydrogens is 405 g/mol. The first-order chi connectivity index (χ1) is 15.0. The number of rotatable bonds is 6. The minimum absolute atomic E-state index is 0.0308. The van der Waals surface area contributed by atoms with Crippen molar-refractivity contribution in [1.82, 2.24) is 10.6 Å². The molecule has 0 aliphatic carbocycles. The summed E-state index contributed by atoms with van der Waals surface area (Å²) in [5, 5.41) is 5.23. The predicted molar refractivity (Wildman–Crippen MR) is 111 cm³/mol. The molecule has 0 saturated carbocycles. The molecule has 2 N–H and O–H groups in total. The fraction of sp³-hybridized carbons (Fsp3) is 0.500. The highest BCUT2D eigenvalue weighted by atomic mass is 19.1. The SMILES string of the molecule is COC(OC)C1CCN(c2ccc(C(=O)N[C@H]3CCC(=C=O)NC3=C=O)c(F)c2)CC1. The average molecular weight is 431 g/mol. The number of nitrogens with zero attached hydrogens (tertiary/aromatic N) is 1. The van der Waals surface area contributed by atoms with Gasteiger partial charge in [0.25, 0.3) is 5.91 Å². The maximum absolute atomic E-state index is 14.7. The number of nitrogens with one attached hydrogen (secondary N) is 2. The first kappa shape index (κ1) is 22.7. The first-order valence-electron chi connectivity index (χ1n) is 10.2. The Kier molecular flexibility index (Phi) is 7.60. The predicted octanol–water partition coefficient (Wildman–Crippen LogP) is 1.57. The van der Waals surface area contributed by atoms with Crippen LogP contribution in [0.15, 0.2) is 29.6 Å². The number of halogens is 1. The van der Waals surface area contributed by atoms with Crippen molar-refractivity contribution in [2.24, 2.45) is 5.92 Å². The van der Waals surface area contributed by atoms with Crippen molar-refractivity contribution in [2.45, 2.75) is 38.0 Å². The quantitative estimate of drug-likeness (QED) is 0.521. The molecular formula is C22H26FN3O5. The minimum Gasteiger partial charge on any atom is -0.371 e. The molecule has 8 nitrogen and oxygen atoms in total. The minimum atomic E-state index is -0.672. The number of amides is 1. The van der Waals surface area contributed by atoms with Gasteiger partial charge in [-0.1, -0.05) is 0 Å². The van der Waals surface area contributed by atoms with Gasteiger partial charge in [0.1, 0.15) is 29.1 Å². The molecule has 0 radical (unpaired) electrons. The Balaban J connectivity index is 1.64. The molecule has 2 aliphatic rings. The number of hydrogen-bond donors (Lipinski definition) is 2. The van der Waals surface area contributed by atoms with Crippen LogP contribution < -0.4 is 15.5 Å². The van der Waals surface area contributed by atoms with Crippen LogP contribution in [0.1, 0.15) is 36.0 Å². The third-order valence-corrected chi connectivity index (χ3v) is 5.81. The molecule has 166 valence electrons. The summed E-state index contributed by atoms with van der Waals surface area (Å²) in [5.74, 6) is 2.39. The topological polar surface area (TPSA) is 97.0 Å². The van der Waals surface area contributed by atoms with Crippen LogP contribution in [0.5, 0.6) is 0 Å². The van der Waals surface area contributed by atoms with Crippen molar-refractivity contribution in [1.29, 1.82) is 0 Å². The van der Waals surface area contributed by atoms with Gasteiger partial charge in [-0.3, -0.25) is 4.79 Å². The Hall–Kier alpha value is -2.96. The Morgan fingerprint density at radius 1 is 1.19 bits per heavy atom. The standard InChI is InChI=1S/C22H26FN3O5/c1-30-22(31-2)14-7-9-26(10-8-14)16-4-5-17(18(23)11-16)21(29)25-19-6-3-15(12-27)24-20(19)13-28/h4-5,11,14,19,22,24H,3,6-10H2,1-2H3,(H,25,29)/t19-/m0/s1. The maximum atomic E-state index is 14.7. The van der Waals surface area contributed by atoms with Gasteiger partial charge >= 0.3 is 0 Å². The summed E-state index contributed by atoms with van der Waals surface area (Å²) < 4.78 is 25.4. The largest absolute Gasteiger partial charge is 0.371 e. The van der Waals surface area contributed by atoms with E-state index >= 15 is 0 Å². The molecule has 2 aliphatic heterocycles. The van der Waals surface area contributed by atoms with Gasteiger partial charge in [-0.25, -0.2) is 14.0 Å². The van der Waals surface area contributed by atoms with Crippen LogP contribution in [0.4, 0.5) is 10.1 Å². The van der Waals surface area contributed by atoms with E-state index in [1.165, 1.54) is 12.1 Å². The van der Waals surface area contributed by atoms with Crippen molar-refractivity contribution in [3.05, 3.63) is 41.0 Å². The number of benzene rings is 1. The van der Waals surface area contributed by atoms with Gasteiger partial charge in [0, 0.05) is 45.3 Å². The molecule has 9 heteroatoms. The molecule has 2 heterocycles. The van der Waals surface area contributed by atoms with E-state index in [0.717, 1.165) is 25.9 Å². The summed E-state index contributed by atoms with van der Waals surface area (Å²) in [6, 6.07) is 3.83. The molecule has 1 aromatic rings. The summed E-state index contributed by atoms with van der Waals surface area (Å²) in [6.07, 6.45) is 2.10. The van der Waals surface area contributed by atoms with Gasteiger partial charge in [0.2, 0.25) is 0 Å². The number of allylic oxidation sites excluding steroid dienone is 1. The number of anilines is 1. The van der Waals surface area contributed by atoms with Crippen LogP contribution in [-0.2, 0) is 19.1 Å². The fourth-order valence-corrected chi connectivity index (χ4v) is 4.09. The second-order valence-corrected chi connectivity index (χ2v) is 7.61. The number of carbonyl (C=O) groups excluding carboxylic acids is 3. The van der Waals surface area contributed by atoms with Gasteiger partial charge in [-0.2, -0.15) is 0 Å². The van der Waals surface area contributed by atoms with Crippen LogP contribution >= 0.6 is 0 Å². The Morgan fingerprint density at radius 3 is 2.48 bits per heavy atom. The van der Waals surface area contributed by atoms with Crippen molar-refractivity contribution < 1.29 is 28.2 Å². The molecule has 2 fully saturated rings. The third kappa shape index (κ3) is 5.21. The summed E-state index contributed by atoms with van der Waals surface area (Å²) in [7, 11) is 3.24. The molecule has 31 heavy (non-hydrogen) atoms. The van der Waals surface area contributed by atoms with Crippen LogP contribution in [-0.4, -0.2) is 57.4 Å². The Bertz CT molecular complexity index is 912. The lowest BCUT2D eigenvalue weighted by atomic mass is 9.95. The lowest BCUT2D eigenvalue weighted by Gasteiger charge is -2.36. The highest BCUT2D eigenvalue weighted by Crippen LogP contribution is 2.28. The van der Waals surface area contributed by atoms with E-state index in [1.54, 1.807) is 32.2 Å². The van der Waals surface area contributed by atoms with Crippen molar-refractivity contribution in [2.75, 3.05) is 32.2 Å². The van der Waals surface area contributed by atoms with Gasteiger partial charge in [-0.15, -0.1) is 0 Å². The smallest absolute Gasteiger partial charge is 0.254 e. The van der Waals surface area contributed by atoms with Gasteiger partial charge < -0.3 is 25.0 Å². The Morgan fingerprint density at radius 2 is 1.90 bits per heavy atom. The molecule has 0 aromatic heterocycles. The highest BCUT2D eigenvalue weighted by Gasteiger charge is 2.28. The fourth-order valence-electron chi connectivity index (χ4n) is 4.09. The number of carbonyl (C=O) groups is 1. The molecule has 1 amide bonds. The lowest BCUT2D eigenvalue weighted by Crippen LogP contribution is -2.44. The van der Waals surface area contributed by atoms with Gasteiger partial charge in [0.15, 0.2) is 6.29 Å². The van der Waals surface area contributed by atoms with E-state index in [1.807, 2.05) is 0 Å². The van der Waals surface area contributed by atoms with E-state index in [9.17, 15) is 18.8 Å². The monoisotopic (exact) mass is 431 g/mol. The first-order valence-corrected chi connectivity index (χ1v) is 10.2. The third-order valence-electron chi connectivity index (χ3n) is 5.81. The van der Waals surface area contributed by atoms with Crippen molar-refractivity contribution in [3.8, 4) is 0 Å². The molecule has 1 atom stereocenters. The second-order valence-electron chi connectivity index (χ2n) is 7.61. The van der Waals surface area contributed by atoms with Gasteiger partial charge in [-0.05, 0) is 37.5 Å². The van der Waals surface area contributed by atoms with Crippen LogP contribution in [0.3, 0.4) is 0 Å². The van der Waals surface area contributed by atoms with E-state index in [-0.39, 0.29) is 29.2 Å². The normalized spacial score (nSPS) is 19.6. The summed E-state index contributed by atoms with van der Waals surface area (Å²) in [6.45, 7) is 1.46. The summed E-state index contributed by atoms with van der Waals surface area (Å²) in [5.41, 5.74) is 0.848.